The molecule has 4 rings (SSSR count). The third kappa shape index (κ3) is 3.06. The summed E-state index contributed by atoms with van der Waals surface area (Å²) in [7, 11) is 0. The van der Waals surface area contributed by atoms with Crippen molar-refractivity contribution in [3.63, 3.8) is 0 Å². The molecule has 0 spiro atoms. The van der Waals surface area contributed by atoms with E-state index in [0.717, 1.165) is 18.4 Å². The van der Waals surface area contributed by atoms with Crippen molar-refractivity contribution in [2.75, 3.05) is 0 Å². The minimum Gasteiger partial charge on any atom is -0.455 e. The van der Waals surface area contributed by atoms with Crippen LogP contribution in [0.15, 0.2) is 39.9 Å². The Morgan fingerprint density at radius 3 is 2.92 bits per heavy atom. The molecule has 2 aliphatic rings. The molecule has 2 saturated carbocycles. The van der Waals surface area contributed by atoms with E-state index in [9.17, 15) is 4.79 Å². The van der Waals surface area contributed by atoms with Gasteiger partial charge in [0, 0.05) is 11.5 Å². The first-order valence-corrected chi connectivity index (χ1v) is 9.63. The number of carbonyl (C=O) groups is 1. The molecule has 1 amide bonds. The van der Waals surface area contributed by atoms with Crippen molar-refractivity contribution in [1.82, 2.24) is 5.43 Å². The number of hydrogen-bond acceptors (Lipinski definition) is 3. The maximum absolute atomic E-state index is 12.4. The number of rotatable bonds is 4. The van der Waals surface area contributed by atoms with E-state index < -0.39 is 0 Å². The smallest absolute Gasteiger partial charge is 0.244 e. The quantitative estimate of drug-likeness (QED) is 0.550. The Labute approximate surface area is 162 Å². The van der Waals surface area contributed by atoms with E-state index in [4.69, 9.17) is 27.6 Å². The van der Waals surface area contributed by atoms with E-state index in [1.165, 1.54) is 19.1 Å². The van der Waals surface area contributed by atoms with Crippen molar-refractivity contribution < 1.29 is 9.21 Å². The van der Waals surface area contributed by atoms with Crippen molar-refractivity contribution in [3.8, 4) is 11.3 Å². The summed E-state index contributed by atoms with van der Waals surface area (Å²) in [6.45, 7) is 2.22. The number of nitrogens with one attached hydrogen (secondary N) is 1. The average molecular weight is 391 g/mol. The number of hydrazone groups is 1. The summed E-state index contributed by atoms with van der Waals surface area (Å²) < 4.78 is 5.73. The van der Waals surface area contributed by atoms with Gasteiger partial charge in [0.2, 0.25) is 5.91 Å². The fourth-order valence-corrected chi connectivity index (χ4v) is 4.73. The predicted octanol–water partition coefficient (Wildman–Crippen LogP) is 5.53. The van der Waals surface area contributed by atoms with Crippen molar-refractivity contribution in [1.29, 1.82) is 0 Å². The van der Waals surface area contributed by atoms with Gasteiger partial charge in [-0.15, -0.1) is 0 Å². The van der Waals surface area contributed by atoms with Gasteiger partial charge in [-0.25, -0.2) is 5.43 Å². The molecular weight excluding hydrogens is 371 g/mol. The molecule has 6 heteroatoms. The van der Waals surface area contributed by atoms with Crippen LogP contribution in [0.2, 0.25) is 10.0 Å². The van der Waals surface area contributed by atoms with Crippen LogP contribution in [0.5, 0.6) is 0 Å². The lowest BCUT2D eigenvalue weighted by atomic mass is 9.90. The Kier molecular flexibility index (Phi) is 4.57. The highest BCUT2D eigenvalue weighted by Gasteiger charge is 2.64. The summed E-state index contributed by atoms with van der Waals surface area (Å²) >= 11 is 12.3. The molecule has 2 aliphatic carbocycles. The van der Waals surface area contributed by atoms with Crippen molar-refractivity contribution in [2.45, 2.75) is 32.6 Å². The zero-order valence-corrected chi connectivity index (χ0v) is 16.0. The number of nitrogens with zero attached hydrogens (tertiary/aromatic N) is 1. The van der Waals surface area contributed by atoms with E-state index in [1.807, 2.05) is 12.1 Å². The number of furan rings is 1. The van der Waals surface area contributed by atoms with E-state index in [2.05, 4.69) is 17.5 Å². The van der Waals surface area contributed by atoms with Crippen LogP contribution in [-0.2, 0) is 4.79 Å². The standard InChI is InChI=1S/C20H20Cl2N2O2/c1-20-10-3-2-6-14(20)17(20)19(25)24-23-11-12-8-9-16(26-12)13-5-4-7-15(21)18(13)22/h4-5,7-9,11,14,17H,2-3,6,10H2,1H3,(H,24,25)/b23-11-/t14-,17-,20+/m1/s1. The van der Waals surface area contributed by atoms with Crippen LogP contribution in [0.25, 0.3) is 11.3 Å². The first-order chi connectivity index (χ1) is 12.5. The molecule has 0 aliphatic heterocycles. The normalized spacial score (nSPS) is 27.3. The van der Waals surface area contributed by atoms with Crippen molar-refractivity contribution >= 4 is 35.3 Å². The van der Waals surface area contributed by atoms with Crippen LogP contribution >= 0.6 is 23.2 Å². The average Bonchev–Trinajstić information content (AvgIpc) is 2.99. The summed E-state index contributed by atoms with van der Waals surface area (Å²) in [6.07, 6.45) is 6.26. The second-order valence-electron chi connectivity index (χ2n) is 7.37. The fraction of sp³-hybridized carbons (Fsp3) is 0.400. The monoisotopic (exact) mass is 390 g/mol. The molecule has 0 radical (unpaired) electrons. The Bertz CT molecular complexity index is 876. The van der Waals surface area contributed by atoms with Gasteiger partial charge >= 0.3 is 0 Å². The minimum atomic E-state index is 0.0142. The first-order valence-electron chi connectivity index (χ1n) is 8.88. The lowest BCUT2D eigenvalue weighted by Crippen LogP contribution is -2.22. The van der Waals surface area contributed by atoms with Gasteiger partial charge in [-0.3, -0.25) is 4.79 Å². The minimum absolute atomic E-state index is 0.0142. The number of halogens is 2. The molecule has 0 bridgehead atoms. The van der Waals surface area contributed by atoms with Gasteiger partial charge in [0.05, 0.1) is 16.3 Å². The highest BCUT2D eigenvalue weighted by atomic mass is 35.5. The third-order valence-corrected chi connectivity index (χ3v) is 6.64. The molecule has 136 valence electrons. The van der Waals surface area contributed by atoms with Gasteiger partial charge in [-0.05, 0) is 48.4 Å². The number of amides is 1. The van der Waals surface area contributed by atoms with Crippen LogP contribution in [0.4, 0.5) is 0 Å². The predicted molar refractivity (Wildman–Crippen MR) is 103 cm³/mol. The van der Waals surface area contributed by atoms with Crippen LogP contribution < -0.4 is 5.43 Å². The molecule has 4 nitrogen and oxygen atoms in total. The molecule has 0 unspecified atom stereocenters. The zero-order valence-electron chi connectivity index (χ0n) is 14.5. The van der Waals surface area contributed by atoms with Gasteiger partial charge in [0.25, 0.3) is 0 Å². The summed E-state index contributed by atoms with van der Waals surface area (Å²) in [5, 5.41) is 4.98. The number of fused-ring (bicyclic) bond motifs is 1. The molecule has 3 atom stereocenters. The number of carbonyl (C=O) groups excluding carboxylic acids is 1. The van der Waals surface area contributed by atoms with Crippen LogP contribution in [0.1, 0.15) is 38.4 Å². The highest BCUT2D eigenvalue weighted by molar-refractivity contribution is 6.43. The Balaban J connectivity index is 1.40. The molecule has 1 heterocycles. The molecule has 2 aromatic rings. The van der Waals surface area contributed by atoms with E-state index in [0.29, 0.717) is 27.5 Å². The van der Waals surface area contributed by atoms with E-state index in [1.54, 1.807) is 18.2 Å². The molecule has 2 fully saturated rings. The maximum atomic E-state index is 12.4. The molecular formula is C20H20Cl2N2O2. The summed E-state index contributed by atoms with van der Waals surface area (Å²) in [4.78, 5) is 12.4. The fourth-order valence-electron chi connectivity index (χ4n) is 4.34. The second-order valence-corrected chi connectivity index (χ2v) is 8.16. The topological polar surface area (TPSA) is 54.6 Å². The highest BCUT2D eigenvalue weighted by Crippen LogP contribution is 2.66. The molecule has 1 aromatic heterocycles. The van der Waals surface area contributed by atoms with Gasteiger partial charge in [-0.1, -0.05) is 49.0 Å². The largest absolute Gasteiger partial charge is 0.455 e. The van der Waals surface area contributed by atoms with Crippen LogP contribution in [0, 0.1) is 17.3 Å². The molecule has 0 saturated heterocycles. The third-order valence-electron chi connectivity index (χ3n) is 5.82. The van der Waals surface area contributed by atoms with Crippen LogP contribution in [-0.4, -0.2) is 12.1 Å². The first kappa shape index (κ1) is 17.6. The Hall–Kier alpha value is -1.78. The van der Waals surface area contributed by atoms with E-state index >= 15 is 0 Å². The lowest BCUT2D eigenvalue weighted by Gasteiger charge is -2.15. The Morgan fingerprint density at radius 2 is 2.15 bits per heavy atom. The van der Waals surface area contributed by atoms with Gasteiger partial charge in [0.15, 0.2) is 0 Å². The summed E-state index contributed by atoms with van der Waals surface area (Å²) in [5.41, 5.74) is 3.57. The zero-order chi connectivity index (χ0) is 18.3. The summed E-state index contributed by atoms with van der Waals surface area (Å²) in [6, 6.07) is 8.96. The van der Waals surface area contributed by atoms with Gasteiger partial charge in [0.1, 0.15) is 11.5 Å². The lowest BCUT2D eigenvalue weighted by molar-refractivity contribution is -0.123. The van der Waals surface area contributed by atoms with Crippen LogP contribution in [0.3, 0.4) is 0 Å². The second kappa shape index (κ2) is 6.75. The number of hydrogen-bond donors (Lipinski definition) is 1. The van der Waals surface area contributed by atoms with Gasteiger partial charge < -0.3 is 4.42 Å². The van der Waals surface area contributed by atoms with E-state index in [-0.39, 0.29) is 17.2 Å². The maximum Gasteiger partial charge on any atom is 0.244 e. The SMILES string of the molecule is C[C@]12CCCC[C@@H]1[C@@H]2C(=O)N/N=C\c1ccc(-c2cccc(Cl)c2Cl)o1. The molecule has 1 aromatic carbocycles. The van der Waals surface area contributed by atoms with Gasteiger partial charge in [-0.2, -0.15) is 5.10 Å². The molecule has 26 heavy (non-hydrogen) atoms. The molecule has 1 N–H and O–H groups in total. The number of benzene rings is 1. The van der Waals surface area contributed by atoms with Crippen molar-refractivity contribution in [3.05, 3.63) is 46.1 Å². The van der Waals surface area contributed by atoms with Crippen molar-refractivity contribution in [2.24, 2.45) is 22.4 Å². The summed E-state index contributed by atoms with van der Waals surface area (Å²) in [5.74, 6) is 1.77. The Morgan fingerprint density at radius 1 is 1.31 bits per heavy atom.